The molecule has 0 aromatic heterocycles. The lowest BCUT2D eigenvalue weighted by molar-refractivity contribution is 0.101. The topological polar surface area (TPSA) is 20.3 Å². The summed E-state index contributed by atoms with van der Waals surface area (Å²) in [5.74, 6) is 1.17. The normalized spacial score (nSPS) is 12.3. The van der Waals surface area contributed by atoms with Gasteiger partial charge in [0.15, 0.2) is 5.78 Å². The molecule has 0 aliphatic heterocycles. The van der Waals surface area contributed by atoms with E-state index in [4.69, 9.17) is 0 Å². The Hall–Kier alpha value is -0.480. The van der Waals surface area contributed by atoms with E-state index in [0.29, 0.717) is 6.04 Å². The fourth-order valence-corrected chi connectivity index (χ4v) is 2.97. The monoisotopic (exact) mass is 315 g/mol. The highest BCUT2D eigenvalue weighted by Crippen LogP contribution is 2.25. The molecule has 0 saturated heterocycles. The molecule has 0 radical (unpaired) electrons. The Morgan fingerprint density at radius 3 is 2.65 bits per heavy atom. The van der Waals surface area contributed by atoms with E-state index in [0.717, 1.165) is 21.5 Å². The molecule has 1 aromatic rings. The number of carbonyl (C=O) groups excluding carboxylic acids is 1. The molecule has 1 rings (SSSR count). The third-order valence-corrected chi connectivity index (χ3v) is 4.28. The van der Waals surface area contributed by atoms with E-state index in [9.17, 15) is 4.79 Å². The number of nitrogens with zero attached hydrogens (tertiary/aromatic N) is 1. The zero-order chi connectivity index (χ0) is 13.0. The molecular formula is C13H18BrNOS. The molecule has 17 heavy (non-hydrogen) atoms. The molecule has 4 heteroatoms. The first-order valence-corrected chi connectivity index (χ1v) is 7.68. The maximum Gasteiger partial charge on any atom is 0.160 e. The molecular weight excluding hydrogens is 298 g/mol. The van der Waals surface area contributed by atoms with Gasteiger partial charge in [-0.15, -0.1) is 0 Å². The van der Waals surface area contributed by atoms with E-state index in [2.05, 4.69) is 41.1 Å². The quantitative estimate of drug-likeness (QED) is 0.770. The molecule has 1 aromatic carbocycles. The summed E-state index contributed by atoms with van der Waals surface area (Å²) in [6.45, 7) is 3.78. The molecule has 0 aliphatic rings. The fourth-order valence-electron chi connectivity index (χ4n) is 1.62. The summed E-state index contributed by atoms with van der Waals surface area (Å²) in [4.78, 5) is 13.6. The van der Waals surface area contributed by atoms with Gasteiger partial charge in [0.2, 0.25) is 0 Å². The lowest BCUT2D eigenvalue weighted by Crippen LogP contribution is -2.30. The number of hydrogen-bond acceptors (Lipinski definition) is 3. The first kappa shape index (κ1) is 14.6. The molecule has 0 amide bonds. The van der Waals surface area contributed by atoms with Crippen LogP contribution in [0.1, 0.15) is 24.2 Å². The first-order chi connectivity index (χ1) is 7.97. The second-order valence-corrected chi connectivity index (χ2v) is 5.90. The number of ketones is 1. The van der Waals surface area contributed by atoms with E-state index in [1.807, 2.05) is 30.0 Å². The van der Waals surface area contributed by atoms with Crippen molar-refractivity contribution in [3.8, 4) is 0 Å². The average Bonchev–Trinajstić information content (AvgIpc) is 2.27. The zero-order valence-electron chi connectivity index (χ0n) is 10.7. The number of halogens is 1. The van der Waals surface area contributed by atoms with Gasteiger partial charge in [-0.3, -0.25) is 4.79 Å². The van der Waals surface area contributed by atoms with Crippen LogP contribution in [0.3, 0.4) is 0 Å². The highest BCUT2D eigenvalue weighted by molar-refractivity contribution is 9.10. The fraction of sp³-hybridized carbons (Fsp3) is 0.462. The maximum atomic E-state index is 11.3. The number of carbonyl (C=O) groups is 1. The Bertz CT molecular complexity index is 408. The first-order valence-electron chi connectivity index (χ1n) is 5.49. The molecule has 94 valence electrons. The van der Waals surface area contributed by atoms with E-state index in [1.165, 1.54) is 0 Å². The minimum atomic E-state index is 0.0863. The van der Waals surface area contributed by atoms with Crippen molar-refractivity contribution in [2.24, 2.45) is 0 Å². The summed E-state index contributed by atoms with van der Waals surface area (Å²) in [5, 5.41) is 0. The van der Waals surface area contributed by atoms with Gasteiger partial charge in [0.25, 0.3) is 0 Å². The number of anilines is 1. The predicted octanol–water partition coefficient (Wildman–Crippen LogP) is 3.84. The van der Waals surface area contributed by atoms with Gasteiger partial charge < -0.3 is 4.90 Å². The van der Waals surface area contributed by atoms with Crippen molar-refractivity contribution in [2.45, 2.75) is 19.9 Å². The molecule has 0 fully saturated rings. The van der Waals surface area contributed by atoms with Crippen LogP contribution in [-0.2, 0) is 0 Å². The van der Waals surface area contributed by atoms with E-state index in [1.54, 1.807) is 6.92 Å². The molecule has 0 aliphatic carbocycles. The van der Waals surface area contributed by atoms with Crippen molar-refractivity contribution in [3.05, 3.63) is 28.2 Å². The van der Waals surface area contributed by atoms with E-state index < -0.39 is 0 Å². The molecule has 1 atom stereocenters. The van der Waals surface area contributed by atoms with Gasteiger partial charge in [-0.05, 0) is 54.2 Å². The Kier molecular flexibility index (Phi) is 5.53. The Morgan fingerprint density at radius 2 is 2.18 bits per heavy atom. The Morgan fingerprint density at radius 1 is 1.53 bits per heavy atom. The molecule has 2 nitrogen and oxygen atoms in total. The molecule has 0 spiro atoms. The van der Waals surface area contributed by atoms with E-state index in [-0.39, 0.29) is 5.78 Å². The summed E-state index contributed by atoms with van der Waals surface area (Å²) < 4.78 is 0.866. The van der Waals surface area contributed by atoms with Crippen LogP contribution in [0.2, 0.25) is 0 Å². The molecule has 0 heterocycles. The minimum Gasteiger partial charge on any atom is -0.371 e. The number of Topliss-reactive ketones (excluding diaryl/α,β-unsaturated/α-hetero) is 1. The highest BCUT2D eigenvalue weighted by Gasteiger charge is 2.12. The van der Waals surface area contributed by atoms with Crippen LogP contribution in [0.5, 0.6) is 0 Å². The minimum absolute atomic E-state index is 0.0863. The van der Waals surface area contributed by atoms with Crippen LogP contribution in [0.25, 0.3) is 0 Å². The zero-order valence-corrected chi connectivity index (χ0v) is 13.1. The lowest BCUT2D eigenvalue weighted by atomic mass is 10.1. The summed E-state index contributed by atoms with van der Waals surface area (Å²) in [6, 6.07) is 6.36. The van der Waals surface area contributed by atoms with Crippen LogP contribution in [0.4, 0.5) is 5.69 Å². The Labute approximate surface area is 116 Å². The van der Waals surface area contributed by atoms with Gasteiger partial charge in [0, 0.05) is 34.6 Å². The predicted molar refractivity (Wildman–Crippen MR) is 80.4 cm³/mol. The summed E-state index contributed by atoms with van der Waals surface area (Å²) in [7, 11) is 2.08. The smallest absolute Gasteiger partial charge is 0.160 e. The molecule has 0 saturated carbocycles. The number of thioether (sulfide) groups is 1. The third kappa shape index (κ3) is 3.75. The van der Waals surface area contributed by atoms with Crippen LogP contribution < -0.4 is 4.90 Å². The Balaban J connectivity index is 2.93. The highest BCUT2D eigenvalue weighted by atomic mass is 79.9. The van der Waals surface area contributed by atoms with Gasteiger partial charge >= 0.3 is 0 Å². The second kappa shape index (κ2) is 6.45. The summed E-state index contributed by atoms with van der Waals surface area (Å²) in [6.07, 6.45) is 2.11. The van der Waals surface area contributed by atoms with Crippen molar-refractivity contribution in [3.63, 3.8) is 0 Å². The third-order valence-electron chi connectivity index (χ3n) is 2.81. The van der Waals surface area contributed by atoms with Crippen molar-refractivity contribution >= 4 is 39.2 Å². The van der Waals surface area contributed by atoms with Crippen LogP contribution in [0.15, 0.2) is 22.7 Å². The van der Waals surface area contributed by atoms with Crippen LogP contribution in [-0.4, -0.2) is 30.9 Å². The summed E-state index contributed by atoms with van der Waals surface area (Å²) >= 11 is 5.29. The van der Waals surface area contributed by atoms with Crippen molar-refractivity contribution in [1.29, 1.82) is 0 Å². The van der Waals surface area contributed by atoms with Gasteiger partial charge in [-0.2, -0.15) is 11.8 Å². The average molecular weight is 316 g/mol. The number of rotatable bonds is 5. The standard InChI is InChI=1S/C13H18BrNOS/c1-9(8-17-4)15(3)11-5-6-12(10(2)16)13(14)7-11/h5-7,9H,8H2,1-4H3. The van der Waals surface area contributed by atoms with Gasteiger partial charge in [0.05, 0.1) is 0 Å². The molecule has 1 unspecified atom stereocenters. The largest absolute Gasteiger partial charge is 0.371 e. The van der Waals surface area contributed by atoms with Crippen molar-refractivity contribution in [1.82, 2.24) is 0 Å². The van der Waals surface area contributed by atoms with Crippen molar-refractivity contribution in [2.75, 3.05) is 24.0 Å². The van der Waals surface area contributed by atoms with E-state index >= 15 is 0 Å². The van der Waals surface area contributed by atoms with Crippen LogP contribution in [0, 0.1) is 0 Å². The van der Waals surface area contributed by atoms with Crippen molar-refractivity contribution < 1.29 is 4.79 Å². The maximum absolute atomic E-state index is 11.3. The molecule has 0 bridgehead atoms. The SMILES string of the molecule is CSCC(C)N(C)c1ccc(C(C)=O)c(Br)c1. The second-order valence-electron chi connectivity index (χ2n) is 4.14. The lowest BCUT2D eigenvalue weighted by Gasteiger charge is -2.27. The van der Waals surface area contributed by atoms with Gasteiger partial charge in [0.1, 0.15) is 0 Å². The van der Waals surface area contributed by atoms with Crippen LogP contribution >= 0.6 is 27.7 Å². The van der Waals surface area contributed by atoms with Gasteiger partial charge in [-0.25, -0.2) is 0 Å². The van der Waals surface area contributed by atoms with Gasteiger partial charge in [-0.1, -0.05) is 0 Å². The number of benzene rings is 1. The number of hydrogen-bond donors (Lipinski definition) is 0. The summed E-state index contributed by atoms with van der Waals surface area (Å²) in [5.41, 5.74) is 1.86. The molecule has 0 N–H and O–H groups in total.